The molecule has 0 aliphatic carbocycles. The lowest BCUT2D eigenvalue weighted by Crippen LogP contribution is -2.31. The van der Waals surface area contributed by atoms with Gasteiger partial charge in [0.25, 0.3) is 5.91 Å². The molecule has 0 atom stereocenters. The summed E-state index contributed by atoms with van der Waals surface area (Å²) in [5.41, 5.74) is 6.31. The van der Waals surface area contributed by atoms with Crippen LogP contribution >= 0.6 is 0 Å². The number of nitrogens with one attached hydrogen (secondary N) is 3. The number of aliphatic hydroxyl groups excluding tert-OH is 1. The Morgan fingerprint density at radius 3 is 2.60 bits per heavy atom. The highest BCUT2D eigenvalue weighted by Crippen LogP contribution is 2.27. The summed E-state index contributed by atoms with van der Waals surface area (Å²) in [7, 11) is 0. The van der Waals surface area contributed by atoms with Gasteiger partial charge in [0, 0.05) is 48.2 Å². The summed E-state index contributed by atoms with van der Waals surface area (Å²) in [5.74, 6) is -2.00. The molecule has 0 fully saturated rings. The van der Waals surface area contributed by atoms with Crippen LogP contribution in [0.4, 0.5) is 13.2 Å². The number of aromatic amines is 1. The van der Waals surface area contributed by atoms with E-state index < -0.39 is 11.9 Å². The Hall–Kier alpha value is -4.34. The number of hydrogen-bond donors (Lipinski definition) is 4. The van der Waals surface area contributed by atoms with E-state index in [2.05, 4.69) is 33.8 Å². The van der Waals surface area contributed by atoms with Crippen molar-refractivity contribution >= 4 is 11.8 Å². The Bertz CT molecular complexity index is 1260. The molecule has 0 unspecified atom stereocenters. The van der Waals surface area contributed by atoms with Gasteiger partial charge in [-0.2, -0.15) is 13.2 Å². The zero-order valence-electron chi connectivity index (χ0n) is 18.6. The minimum Gasteiger partial charge on any atom is -0.505 e. The second-order valence-electron chi connectivity index (χ2n) is 7.58. The molecular weight excluding hydrogens is 461 g/mol. The van der Waals surface area contributed by atoms with Crippen molar-refractivity contribution in [2.45, 2.75) is 19.1 Å². The third kappa shape index (κ3) is 6.59. The van der Waals surface area contributed by atoms with Gasteiger partial charge in [0.2, 0.25) is 5.91 Å². The Balaban J connectivity index is 0.000000429. The van der Waals surface area contributed by atoms with Gasteiger partial charge in [0.05, 0.1) is 11.3 Å². The summed E-state index contributed by atoms with van der Waals surface area (Å²) in [4.78, 5) is 31.2. The third-order valence-electron chi connectivity index (χ3n) is 5.08. The molecule has 1 aromatic carbocycles. The van der Waals surface area contributed by atoms with Crippen molar-refractivity contribution in [2.75, 3.05) is 6.54 Å². The van der Waals surface area contributed by atoms with Crippen LogP contribution in [0.15, 0.2) is 73.7 Å². The van der Waals surface area contributed by atoms with Crippen molar-refractivity contribution in [3.63, 3.8) is 0 Å². The second kappa shape index (κ2) is 10.7. The number of halogens is 3. The molecule has 35 heavy (non-hydrogen) atoms. The van der Waals surface area contributed by atoms with Gasteiger partial charge in [-0.3, -0.25) is 14.6 Å². The summed E-state index contributed by atoms with van der Waals surface area (Å²) >= 11 is 0. The molecule has 7 nitrogen and oxygen atoms in total. The maximum Gasteiger partial charge on any atom is 0.448 e. The molecule has 0 bridgehead atoms. The number of aliphatic hydroxyl groups is 1. The van der Waals surface area contributed by atoms with Crippen molar-refractivity contribution in [3.05, 3.63) is 90.5 Å². The fourth-order valence-electron chi connectivity index (χ4n) is 3.31. The quantitative estimate of drug-likeness (QED) is 0.317. The number of hydrogen-bond acceptors (Lipinski definition) is 4. The number of benzene rings is 1. The van der Waals surface area contributed by atoms with Crippen LogP contribution in [0.25, 0.3) is 22.5 Å². The van der Waals surface area contributed by atoms with E-state index in [-0.39, 0.29) is 11.8 Å². The first-order valence-corrected chi connectivity index (χ1v) is 10.5. The zero-order valence-corrected chi connectivity index (χ0v) is 18.6. The largest absolute Gasteiger partial charge is 0.505 e. The van der Waals surface area contributed by atoms with Crippen molar-refractivity contribution < 1.29 is 27.9 Å². The van der Waals surface area contributed by atoms with E-state index in [0.717, 1.165) is 40.2 Å². The number of H-pyrrole nitrogens is 1. The van der Waals surface area contributed by atoms with E-state index in [9.17, 15) is 22.8 Å². The molecule has 1 aliphatic rings. The highest BCUT2D eigenvalue weighted by Gasteiger charge is 2.31. The summed E-state index contributed by atoms with van der Waals surface area (Å²) in [6, 6.07) is 13.7. The standard InChI is InChI=1S/C22H20N4O2.C3H3F3O/c1-2-21(27)25-13-14-4-3-5-15(10-14)19-11-16(6-8-23-19)20-12-17-18(26-20)7-9-24-22(17)28;1-2(7)3(4,5)6/h2-6,8,10-12,26H,1,7,9,13H2,(H,24,28)(H,25,27);7H,1H2. The lowest BCUT2D eigenvalue weighted by Gasteiger charge is -2.11. The van der Waals surface area contributed by atoms with Crippen LogP contribution in [-0.4, -0.2) is 39.6 Å². The molecule has 0 radical (unpaired) electrons. The van der Waals surface area contributed by atoms with Crippen LogP contribution in [0.1, 0.15) is 21.6 Å². The third-order valence-corrected chi connectivity index (χ3v) is 5.08. The molecule has 2 aromatic heterocycles. The Morgan fingerprint density at radius 2 is 1.94 bits per heavy atom. The van der Waals surface area contributed by atoms with Crippen molar-refractivity contribution in [2.24, 2.45) is 0 Å². The van der Waals surface area contributed by atoms with Gasteiger partial charge in [-0.15, -0.1) is 0 Å². The predicted octanol–water partition coefficient (Wildman–Crippen LogP) is 4.45. The number of fused-ring (bicyclic) bond motifs is 1. The number of carbonyl (C=O) groups excluding carboxylic acids is 2. The monoisotopic (exact) mass is 484 g/mol. The van der Waals surface area contributed by atoms with Gasteiger partial charge in [0.15, 0.2) is 5.76 Å². The van der Waals surface area contributed by atoms with Crippen LogP contribution in [0.5, 0.6) is 0 Å². The number of alkyl halides is 3. The van der Waals surface area contributed by atoms with E-state index in [4.69, 9.17) is 5.11 Å². The van der Waals surface area contributed by atoms with E-state index in [0.29, 0.717) is 18.7 Å². The molecule has 1 aliphatic heterocycles. The molecule has 4 N–H and O–H groups in total. The average molecular weight is 484 g/mol. The summed E-state index contributed by atoms with van der Waals surface area (Å²) in [5, 5.41) is 13.2. The average Bonchev–Trinajstić information content (AvgIpc) is 3.28. The van der Waals surface area contributed by atoms with E-state index >= 15 is 0 Å². The van der Waals surface area contributed by atoms with Gasteiger partial charge in [-0.25, -0.2) is 0 Å². The van der Waals surface area contributed by atoms with E-state index in [1.165, 1.54) is 6.08 Å². The van der Waals surface area contributed by atoms with Crippen LogP contribution in [0.3, 0.4) is 0 Å². The molecule has 3 heterocycles. The molecule has 0 saturated heterocycles. The number of pyridine rings is 1. The topological polar surface area (TPSA) is 107 Å². The number of nitrogens with zero attached hydrogens (tertiary/aromatic N) is 1. The van der Waals surface area contributed by atoms with Gasteiger partial charge < -0.3 is 20.7 Å². The van der Waals surface area contributed by atoms with Crippen LogP contribution in [-0.2, 0) is 17.8 Å². The van der Waals surface area contributed by atoms with Gasteiger partial charge >= 0.3 is 6.18 Å². The summed E-state index contributed by atoms with van der Waals surface area (Å²) in [6.45, 7) is 6.79. The Morgan fingerprint density at radius 1 is 1.20 bits per heavy atom. The van der Waals surface area contributed by atoms with Crippen molar-refractivity contribution in [1.82, 2.24) is 20.6 Å². The lowest BCUT2D eigenvalue weighted by atomic mass is 10.0. The normalized spacial score (nSPS) is 12.5. The highest BCUT2D eigenvalue weighted by molar-refractivity contribution is 5.97. The smallest absolute Gasteiger partial charge is 0.448 e. The fourth-order valence-corrected chi connectivity index (χ4v) is 3.31. The first kappa shape index (κ1) is 25.3. The molecule has 3 aromatic rings. The molecule has 2 amide bonds. The number of carbonyl (C=O) groups is 2. The maximum absolute atomic E-state index is 12.0. The van der Waals surface area contributed by atoms with Crippen LogP contribution in [0.2, 0.25) is 0 Å². The van der Waals surface area contributed by atoms with Crippen LogP contribution < -0.4 is 10.6 Å². The van der Waals surface area contributed by atoms with Gasteiger partial charge in [-0.05, 0) is 35.9 Å². The first-order valence-electron chi connectivity index (χ1n) is 10.5. The minimum absolute atomic E-state index is 0.0349. The predicted molar refractivity (Wildman–Crippen MR) is 125 cm³/mol. The number of allylic oxidation sites excluding steroid dienone is 1. The summed E-state index contributed by atoms with van der Waals surface area (Å²) in [6.07, 6.45) is -0.820. The number of amides is 2. The molecule has 0 spiro atoms. The molecule has 182 valence electrons. The fraction of sp³-hybridized carbons (Fsp3) is 0.160. The van der Waals surface area contributed by atoms with Crippen molar-refractivity contribution in [1.29, 1.82) is 0 Å². The molecular formula is C25H23F3N4O3. The number of rotatable bonds is 5. The molecule has 4 rings (SSSR count). The van der Waals surface area contributed by atoms with Gasteiger partial charge in [-0.1, -0.05) is 31.4 Å². The maximum atomic E-state index is 12.0. The Kier molecular flexibility index (Phi) is 7.75. The Labute approximate surface area is 199 Å². The molecule has 0 saturated carbocycles. The minimum atomic E-state index is -4.64. The van der Waals surface area contributed by atoms with E-state index in [1.807, 2.05) is 42.5 Å². The first-order chi connectivity index (χ1) is 16.6. The van der Waals surface area contributed by atoms with Crippen LogP contribution in [0, 0.1) is 0 Å². The molecule has 10 heteroatoms. The highest BCUT2D eigenvalue weighted by atomic mass is 19.4. The van der Waals surface area contributed by atoms with Crippen molar-refractivity contribution in [3.8, 4) is 22.5 Å². The lowest BCUT2D eigenvalue weighted by molar-refractivity contribution is -0.120. The van der Waals surface area contributed by atoms with Gasteiger partial charge in [0.1, 0.15) is 0 Å². The second-order valence-corrected chi connectivity index (χ2v) is 7.58. The SMILES string of the molecule is C=C(O)C(F)(F)F.C=CC(=O)NCc1cccc(-c2cc(-c3cc4c([nH]3)CCNC4=O)ccn2)c1. The van der Waals surface area contributed by atoms with E-state index in [1.54, 1.807) is 6.20 Å². The summed E-state index contributed by atoms with van der Waals surface area (Å²) < 4.78 is 32.5. The zero-order chi connectivity index (χ0) is 25.6. The number of aromatic nitrogens is 2.